The van der Waals surface area contributed by atoms with Crippen LogP contribution in [0.15, 0.2) is 48.5 Å². The van der Waals surface area contributed by atoms with Crippen molar-refractivity contribution < 1.29 is 20.1 Å². The van der Waals surface area contributed by atoms with Gasteiger partial charge in [-0.15, -0.1) is 0 Å². The predicted octanol–water partition coefficient (Wildman–Crippen LogP) is 2.42. The number of methoxy groups -OCH3 is 1. The first-order chi connectivity index (χ1) is 9.19. The van der Waals surface area contributed by atoms with Gasteiger partial charge in [-0.25, -0.2) is 0 Å². The van der Waals surface area contributed by atoms with E-state index in [-0.39, 0.29) is 12.4 Å². The number of aliphatic hydroxyl groups excluding tert-OH is 1. The molecule has 0 fully saturated rings. The molecule has 0 saturated heterocycles. The Balaban J connectivity index is 0.000000191. The van der Waals surface area contributed by atoms with Gasteiger partial charge in [0.2, 0.25) is 0 Å². The van der Waals surface area contributed by atoms with E-state index < -0.39 is 0 Å². The first-order valence-electron chi connectivity index (χ1n) is 5.82. The topological polar surface area (TPSA) is 69.9 Å². The average Bonchev–Trinajstić information content (AvgIpc) is 2.43. The molecule has 0 saturated carbocycles. The maximum absolute atomic E-state index is 9.16. The van der Waals surface area contributed by atoms with Gasteiger partial charge < -0.3 is 20.1 Å². The van der Waals surface area contributed by atoms with E-state index in [1.165, 1.54) is 0 Å². The van der Waals surface area contributed by atoms with Crippen LogP contribution in [-0.4, -0.2) is 22.4 Å². The summed E-state index contributed by atoms with van der Waals surface area (Å²) in [6, 6.07) is 13.8. The molecule has 0 spiro atoms. The van der Waals surface area contributed by atoms with E-state index >= 15 is 0 Å². The van der Waals surface area contributed by atoms with Crippen LogP contribution in [0.5, 0.6) is 11.5 Å². The van der Waals surface area contributed by atoms with Gasteiger partial charge in [-0.3, -0.25) is 0 Å². The highest BCUT2D eigenvalue weighted by Crippen LogP contribution is 2.15. The summed E-state index contributed by atoms with van der Waals surface area (Å²) in [4.78, 5) is 0. The van der Waals surface area contributed by atoms with E-state index in [9.17, 15) is 0 Å². The Hall–Kier alpha value is -2.04. The van der Waals surface area contributed by atoms with Crippen LogP contribution in [0.1, 0.15) is 11.1 Å². The third-order valence-corrected chi connectivity index (χ3v) is 2.45. The molecule has 19 heavy (non-hydrogen) atoms. The highest BCUT2D eigenvalue weighted by Gasteiger charge is 1.95. The predicted molar refractivity (Wildman–Crippen MR) is 72.8 cm³/mol. The van der Waals surface area contributed by atoms with Crippen LogP contribution < -0.4 is 0 Å². The molecule has 4 heteroatoms. The SMILES string of the molecule is COCc1ccccc1O.OCc1ccccc1O. The Morgan fingerprint density at radius 1 is 0.842 bits per heavy atom. The summed E-state index contributed by atoms with van der Waals surface area (Å²) in [5, 5.41) is 26.7. The molecule has 3 N–H and O–H groups in total. The van der Waals surface area contributed by atoms with E-state index in [1.807, 2.05) is 12.1 Å². The molecule has 0 aliphatic heterocycles. The van der Waals surface area contributed by atoms with Crippen molar-refractivity contribution in [3.63, 3.8) is 0 Å². The normalized spacial score (nSPS) is 9.58. The summed E-state index contributed by atoms with van der Waals surface area (Å²) in [6.07, 6.45) is 0. The summed E-state index contributed by atoms with van der Waals surface area (Å²) >= 11 is 0. The molecule has 2 aromatic carbocycles. The summed E-state index contributed by atoms with van der Waals surface area (Å²) in [5.74, 6) is 0.448. The fourth-order valence-electron chi connectivity index (χ4n) is 1.43. The summed E-state index contributed by atoms with van der Waals surface area (Å²) in [6.45, 7) is 0.360. The van der Waals surface area contributed by atoms with Crippen molar-refractivity contribution in [1.29, 1.82) is 0 Å². The Morgan fingerprint density at radius 2 is 1.32 bits per heavy atom. The molecule has 0 unspecified atom stereocenters. The van der Waals surface area contributed by atoms with E-state index in [4.69, 9.17) is 20.1 Å². The monoisotopic (exact) mass is 262 g/mol. The molecule has 0 heterocycles. The zero-order valence-corrected chi connectivity index (χ0v) is 10.8. The number of hydrogen-bond donors (Lipinski definition) is 3. The zero-order chi connectivity index (χ0) is 14.1. The van der Waals surface area contributed by atoms with Crippen molar-refractivity contribution in [3.8, 4) is 11.5 Å². The standard InChI is InChI=1S/C8H10O2.C7H8O2/c1-10-6-7-4-2-3-5-8(7)9;8-5-6-3-1-2-4-7(6)9/h2-5,9H,6H2,1H3;1-4,8-9H,5H2. The first-order valence-corrected chi connectivity index (χ1v) is 5.82. The lowest BCUT2D eigenvalue weighted by molar-refractivity contribution is 0.182. The molecule has 0 aromatic heterocycles. The van der Waals surface area contributed by atoms with Crippen LogP contribution in [0.3, 0.4) is 0 Å². The number of aromatic hydroxyl groups is 2. The third kappa shape index (κ3) is 4.99. The van der Waals surface area contributed by atoms with Gasteiger partial charge in [0.25, 0.3) is 0 Å². The van der Waals surface area contributed by atoms with E-state index in [0.717, 1.165) is 5.56 Å². The summed E-state index contributed by atoms with van der Waals surface area (Å²) in [7, 11) is 1.60. The number of benzene rings is 2. The highest BCUT2D eigenvalue weighted by atomic mass is 16.5. The number of aliphatic hydroxyl groups is 1. The summed E-state index contributed by atoms with van der Waals surface area (Å²) in [5.41, 5.74) is 1.39. The van der Waals surface area contributed by atoms with E-state index in [1.54, 1.807) is 43.5 Å². The molecule has 0 bridgehead atoms. The molecule has 0 atom stereocenters. The molecule has 0 aliphatic rings. The number of hydrogen-bond acceptors (Lipinski definition) is 4. The van der Waals surface area contributed by atoms with Crippen LogP contribution in [0, 0.1) is 0 Å². The van der Waals surface area contributed by atoms with Gasteiger partial charge in [0.1, 0.15) is 11.5 Å². The van der Waals surface area contributed by atoms with Gasteiger partial charge in [-0.2, -0.15) is 0 Å². The first kappa shape index (κ1) is 15.0. The minimum atomic E-state index is -0.104. The molecule has 102 valence electrons. The van der Waals surface area contributed by atoms with Gasteiger partial charge in [0, 0.05) is 18.2 Å². The fraction of sp³-hybridized carbons (Fsp3) is 0.200. The summed E-state index contributed by atoms with van der Waals surface area (Å²) < 4.78 is 4.85. The van der Waals surface area contributed by atoms with Gasteiger partial charge >= 0.3 is 0 Å². The molecule has 0 amide bonds. The second-order valence-electron chi connectivity index (χ2n) is 3.85. The third-order valence-electron chi connectivity index (χ3n) is 2.45. The van der Waals surface area contributed by atoms with Crippen molar-refractivity contribution >= 4 is 0 Å². The van der Waals surface area contributed by atoms with Gasteiger partial charge in [0.05, 0.1) is 13.2 Å². The molecule has 0 aliphatic carbocycles. The van der Waals surface area contributed by atoms with E-state index in [0.29, 0.717) is 17.9 Å². The van der Waals surface area contributed by atoms with Crippen molar-refractivity contribution in [2.75, 3.05) is 7.11 Å². The van der Waals surface area contributed by atoms with Crippen LogP contribution in [0.25, 0.3) is 0 Å². The number of para-hydroxylation sites is 2. The minimum Gasteiger partial charge on any atom is -0.508 e. The highest BCUT2D eigenvalue weighted by molar-refractivity contribution is 5.31. The van der Waals surface area contributed by atoms with Crippen molar-refractivity contribution in [2.45, 2.75) is 13.2 Å². The van der Waals surface area contributed by atoms with Crippen LogP contribution in [0.4, 0.5) is 0 Å². The second kappa shape index (κ2) is 8.13. The Kier molecular flexibility index (Phi) is 6.43. The molecular weight excluding hydrogens is 244 g/mol. The zero-order valence-electron chi connectivity index (χ0n) is 10.8. The molecule has 2 aromatic rings. The smallest absolute Gasteiger partial charge is 0.121 e. The van der Waals surface area contributed by atoms with Gasteiger partial charge in [0.15, 0.2) is 0 Å². The van der Waals surface area contributed by atoms with Crippen LogP contribution in [-0.2, 0) is 18.0 Å². The van der Waals surface area contributed by atoms with Crippen LogP contribution >= 0.6 is 0 Å². The average molecular weight is 262 g/mol. The fourth-order valence-corrected chi connectivity index (χ4v) is 1.43. The number of ether oxygens (including phenoxy) is 1. The van der Waals surface area contributed by atoms with Crippen molar-refractivity contribution in [3.05, 3.63) is 59.7 Å². The Morgan fingerprint density at radius 3 is 1.68 bits per heavy atom. The Bertz CT molecular complexity index is 497. The largest absolute Gasteiger partial charge is 0.508 e. The lowest BCUT2D eigenvalue weighted by Gasteiger charge is -2.00. The molecule has 0 radical (unpaired) electrons. The van der Waals surface area contributed by atoms with Crippen molar-refractivity contribution in [2.24, 2.45) is 0 Å². The second-order valence-corrected chi connectivity index (χ2v) is 3.85. The van der Waals surface area contributed by atoms with Gasteiger partial charge in [-0.05, 0) is 12.1 Å². The van der Waals surface area contributed by atoms with Crippen LogP contribution in [0.2, 0.25) is 0 Å². The molecule has 4 nitrogen and oxygen atoms in total. The van der Waals surface area contributed by atoms with Crippen molar-refractivity contribution in [1.82, 2.24) is 0 Å². The lowest BCUT2D eigenvalue weighted by Crippen LogP contribution is -1.86. The number of phenols is 2. The van der Waals surface area contributed by atoms with E-state index in [2.05, 4.69) is 0 Å². The number of rotatable bonds is 3. The van der Waals surface area contributed by atoms with Gasteiger partial charge in [-0.1, -0.05) is 36.4 Å². The number of phenolic OH excluding ortho intramolecular Hbond substituents is 1. The maximum atomic E-state index is 9.16. The molecule has 2 rings (SSSR count). The lowest BCUT2D eigenvalue weighted by atomic mass is 10.2. The minimum absolute atomic E-state index is 0.104. The Labute approximate surface area is 112 Å². The molecular formula is C15H18O4. The maximum Gasteiger partial charge on any atom is 0.121 e. The quantitative estimate of drug-likeness (QED) is 0.794.